The van der Waals surface area contributed by atoms with E-state index in [0.717, 1.165) is 23.7 Å². The molecule has 3 aromatic rings. The molecule has 2 amide bonds. The van der Waals surface area contributed by atoms with E-state index in [1.54, 1.807) is 12.1 Å². The van der Waals surface area contributed by atoms with E-state index in [2.05, 4.69) is 25.0 Å². The number of anilines is 2. The van der Waals surface area contributed by atoms with Crippen LogP contribution in [0.2, 0.25) is 0 Å². The average molecular weight is 572 g/mol. The number of rotatable bonds is 6. The van der Waals surface area contributed by atoms with Crippen LogP contribution in [0, 0.1) is 11.3 Å². The van der Waals surface area contributed by atoms with E-state index in [4.69, 9.17) is 14.5 Å². The maximum Gasteiger partial charge on any atom is 0.586 e. The van der Waals surface area contributed by atoms with Gasteiger partial charge in [-0.25, -0.2) is 4.98 Å². The van der Waals surface area contributed by atoms with Crippen molar-refractivity contribution >= 4 is 44.2 Å². The maximum absolute atomic E-state index is 13.8. The Morgan fingerprint density at radius 1 is 1.20 bits per heavy atom. The van der Waals surface area contributed by atoms with Crippen molar-refractivity contribution in [2.75, 3.05) is 30.5 Å². The molecular weight excluding hydrogens is 548 g/mol. The number of benzene rings is 2. The first-order chi connectivity index (χ1) is 19.0. The standard InChI is InChI=1S/C26H23F2N5O6S/c1-25(2,11-29)32-22(34)14-7-18-19(39-26(27,28)38-18)8-16(14)30-23(35)20-17(36-3)5-4-15-21(20)40-24(31-15)33-12-6-13(33)10-37-9-12/h4-5,7-8,12-13H,6,9-10H2,1-3H3,(H,30,35)(H,32,34). The molecule has 4 heterocycles. The summed E-state index contributed by atoms with van der Waals surface area (Å²) < 4.78 is 48.3. The van der Waals surface area contributed by atoms with E-state index in [0.29, 0.717) is 23.4 Å². The number of ether oxygens (including phenoxy) is 4. The summed E-state index contributed by atoms with van der Waals surface area (Å²) >= 11 is 1.33. The van der Waals surface area contributed by atoms with Crippen molar-refractivity contribution in [3.8, 4) is 23.3 Å². The highest BCUT2D eigenvalue weighted by Crippen LogP contribution is 2.45. The number of methoxy groups -OCH3 is 1. The van der Waals surface area contributed by atoms with Crippen molar-refractivity contribution in [2.45, 2.75) is 44.2 Å². The molecule has 0 spiro atoms. The molecule has 2 unspecified atom stereocenters. The molecule has 2 N–H and O–H groups in total. The van der Waals surface area contributed by atoms with Gasteiger partial charge in [0.25, 0.3) is 11.8 Å². The summed E-state index contributed by atoms with van der Waals surface area (Å²) in [4.78, 5) is 33.8. The second-order valence-electron chi connectivity index (χ2n) is 10.1. The lowest BCUT2D eigenvalue weighted by Gasteiger charge is -2.52. The molecule has 2 aromatic carbocycles. The van der Waals surface area contributed by atoms with E-state index < -0.39 is 29.4 Å². The first-order valence-electron chi connectivity index (χ1n) is 12.3. The Morgan fingerprint density at radius 3 is 2.55 bits per heavy atom. The molecule has 2 bridgehead atoms. The van der Waals surface area contributed by atoms with E-state index >= 15 is 0 Å². The van der Waals surface area contributed by atoms with Crippen molar-refractivity contribution in [1.82, 2.24) is 10.3 Å². The molecule has 3 aliphatic heterocycles. The number of hydrogen-bond acceptors (Lipinski definition) is 10. The van der Waals surface area contributed by atoms with Crippen molar-refractivity contribution in [1.29, 1.82) is 5.26 Å². The van der Waals surface area contributed by atoms with Crippen LogP contribution in [0.15, 0.2) is 24.3 Å². The maximum atomic E-state index is 13.8. The Kier molecular flexibility index (Phi) is 5.97. The second-order valence-corrected chi connectivity index (χ2v) is 11.1. The lowest BCUT2D eigenvalue weighted by atomic mass is 9.92. The van der Waals surface area contributed by atoms with Gasteiger partial charge < -0.3 is 34.5 Å². The highest BCUT2D eigenvalue weighted by molar-refractivity contribution is 7.22. The van der Waals surface area contributed by atoms with Crippen LogP contribution in [-0.4, -0.2) is 61.0 Å². The summed E-state index contributed by atoms with van der Waals surface area (Å²) in [7, 11) is 1.42. The van der Waals surface area contributed by atoms with Crippen LogP contribution in [0.3, 0.4) is 0 Å². The number of fused-ring (bicyclic) bond motifs is 4. The number of halogens is 2. The Morgan fingerprint density at radius 2 is 1.90 bits per heavy atom. The molecule has 11 nitrogen and oxygen atoms in total. The van der Waals surface area contributed by atoms with Gasteiger partial charge in [0.15, 0.2) is 16.6 Å². The summed E-state index contributed by atoms with van der Waals surface area (Å²) in [6.45, 7) is 4.16. The number of nitrogens with zero attached hydrogens (tertiary/aromatic N) is 3. The second kappa shape index (κ2) is 9.17. The van der Waals surface area contributed by atoms with Crippen LogP contribution in [0.4, 0.5) is 19.6 Å². The quantitative estimate of drug-likeness (QED) is 0.452. The number of hydrogen-bond donors (Lipinski definition) is 2. The molecule has 2 saturated heterocycles. The monoisotopic (exact) mass is 571 g/mol. The van der Waals surface area contributed by atoms with Gasteiger partial charge in [-0.1, -0.05) is 11.3 Å². The SMILES string of the molecule is COc1ccc2nc(N3C4COCC3C4)sc2c1C(=O)Nc1cc2c(cc1C(=O)NC(C)(C)C#N)OC(F)(F)O2. The molecule has 0 saturated carbocycles. The molecule has 0 radical (unpaired) electrons. The predicted octanol–water partition coefficient (Wildman–Crippen LogP) is 3.89. The van der Waals surface area contributed by atoms with E-state index in [9.17, 15) is 23.6 Å². The van der Waals surface area contributed by atoms with E-state index in [1.807, 2.05) is 6.07 Å². The van der Waals surface area contributed by atoms with E-state index in [-0.39, 0.29) is 40.4 Å². The first-order valence-corrected chi connectivity index (χ1v) is 13.1. The first kappa shape index (κ1) is 26.0. The summed E-state index contributed by atoms with van der Waals surface area (Å²) in [5.74, 6) is -1.95. The van der Waals surface area contributed by atoms with Crippen molar-refractivity contribution in [2.24, 2.45) is 0 Å². The third-order valence-corrected chi connectivity index (χ3v) is 7.97. The Balaban J connectivity index is 1.39. The molecule has 3 aliphatic rings. The normalized spacial score (nSPS) is 20.4. The van der Waals surface area contributed by atoms with Gasteiger partial charge in [-0.2, -0.15) is 5.26 Å². The molecule has 2 fully saturated rings. The lowest BCUT2D eigenvalue weighted by molar-refractivity contribution is -0.286. The van der Waals surface area contributed by atoms with Gasteiger partial charge in [0.1, 0.15) is 16.9 Å². The summed E-state index contributed by atoms with van der Waals surface area (Å²) in [6, 6.07) is 7.86. The number of amides is 2. The predicted molar refractivity (Wildman–Crippen MR) is 139 cm³/mol. The number of nitriles is 1. The Bertz CT molecular complexity index is 1590. The molecule has 2 atom stereocenters. The minimum atomic E-state index is -3.95. The molecule has 208 valence electrons. The van der Waals surface area contributed by atoms with Crippen molar-refractivity contribution in [3.05, 3.63) is 35.4 Å². The number of aromatic nitrogens is 1. The number of nitrogens with one attached hydrogen (secondary N) is 2. The summed E-state index contributed by atoms with van der Waals surface area (Å²) in [5, 5.41) is 15.2. The topological polar surface area (TPSA) is 135 Å². The number of carbonyl (C=O) groups is 2. The van der Waals surface area contributed by atoms with Crippen LogP contribution in [0.25, 0.3) is 10.2 Å². The fourth-order valence-electron chi connectivity index (χ4n) is 4.96. The van der Waals surface area contributed by atoms with Gasteiger partial charge in [-0.05, 0) is 38.5 Å². The Hall–Kier alpha value is -4.22. The fraction of sp³-hybridized carbons (Fsp3) is 0.385. The highest BCUT2D eigenvalue weighted by Gasteiger charge is 2.45. The van der Waals surface area contributed by atoms with Gasteiger partial charge >= 0.3 is 6.29 Å². The molecule has 6 rings (SSSR count). The zero-order valence-electron chi connectivity index (χ0n) is 21.5. The van der Waals surface area contributed by atoms with Crippen LogP contribution in [0.1, 0.15) is 41.0 Å². The van der Waals surface area contributed by atoms with Crippen LogP contribution >= 0.6 is 11.3 Å². The molecular formula is C26H23F2N5O6S. The number of carbonyl (C=O) groups excluding carboxylic acids is 2. The highest BCUT2D eigenvalue weighted by atomic mass is 32.1. The van der Waals surface area contributed by atoms with Crippen molar-refractivity contribution in [3.63, 3.8) is 0 Å². The van der Waals surface area contributed by atoms with Crippen molar-refractivity contribution < 1.29 is 37.3 Å². The lowest BCUT2D eigenvalue weighted by Crippen LogP contribution is -2.64. The largest absolute Gasteiger partial charge is 0.586 e. The van der Waals surface area contributed by atoms with Crippen LogP contribution in [-0.2, 0) is 4.74 Å². The smallest absolute Gasteiger partial charge is 0.496 e. The summed E-state index contributed by atoms with van der Waals surface area (Å²) in [5.41, 5.74) is -0.878. The zero-order valence-corrected chi connectivity index (χ0v) is 22.4. The molecule has 14 heteroatoms. The zero-order chi connectivity index (χ0) is 28.4. The van der Waals surface area contributed by atoms with Gasteiger partial charge in [0.05, 0.1) is 59.9 Å². The van der Waals surface area contributed by atoms with Gasteiger partial charge in [-0.15, -0.1) is 8.78 Å². The third kappa shape index (κ3) is 4.40. The van der Waals surface area contributed by atoms with Crippen LogP contribution < -0.4 is 29.7 Å². The van der Waals surface area contributed by atoms with Gasteiger partial charge in [-0.3, -0.25) is 9.59 Å². The Labute approximate surface area is 230 Å². The minimum Gasteiger partial charge on any atom is -0.496 e. The number of thiazole rings is 1. The van der Waals surface area contributed by atoms with Gasteiger partial charge in [0.2, 0.25) is 0 Å². The van der Waals surface area contributed by atoms with Crippen LogP contribution in [0.5, 0.6) is 17.2 Å². The molecule has 1 aromatic heterocycles. The fourth-order valence-corrected chi connectivity index (χ4v) is 6.20. The number of alkyl halides is 2. The minimum absolute atomic E-state index is 0.130. The molecule has 0 aliphatic carbocycles. The summed E-state index contributed by atoms with van der Waals surface area (Å²) in [6.07, 6.45) is -2.93. The molecule has 40 heavy (non-hydrogen) atoms. The average Bonchev–Trinajstić information content (AvgIpc) is 3.45. The number of morpholine rings is 1. The van der Waals surface area contributed by atoms with Gasteiger partial charge in [0, 0.05) is 6.07 Å². The third-order valence-electron chi connectivity index (χ3n) is 6.87. The van der Waals surface area contributed by atoms with E-state index in [1.165, 1.54) is 32.3 Å².